The first-order chi connectivity index (χ1) is 9.51. The first-order valence-corrected chi connectivity index (χ1v) is 6.52. The number of aliphatic carboxylic acids is 1. The van der Waals surface area contributed by atoms with Crippen molar-refractivity contribution in [3.05, 3.63) is 34.9 Å². The SMILES string of the molecule is CCN(CCO)C(=O)N[C@@H](C(=O)O)c1ccccc1Cl. The van der Waals surface area contributed by atoms with Gasteiger partial charge in [-0.2, -0.15) is 0 Å². The molecule has 0 heterocycles. The topological polar surface area (TPSA) is 89.9 Å². The number of carbonyl (C=O) groups is 2. The maximum absolute atomic E-state index is 12.0. The van der Waals surface area contributed by atoms with Gasteiger partial charge in [0.25, 0.3) is 0 Å². The van der Waals surface area contributed by atoms with Gasteiger partial charge in [0.1, 0.15) is 0 Å². The average Bonchev–Trinajstić information content (AvgIpc) is 2.42. The molecule has 6 nitrogen and oxygen atoms in total. The van der Waals surface area contributed by atoms with Crippen molar-refractivity contribution in [1.29, 1.82) is 0 Å². The van der Waals surface area contributed by atoms with E-state index in [0.29, 0.717) is 12.1 Å². The summed E-state index contributed by atoms with van der Waals surface area (Å²) in [6.07, 6.45) is 0. The van der Waals surface area contributed by atoms with Crippen LogP contribution in [0.5, 0.6) is 0 Å². The summed E-state index contributed by atoms with van der Waals surface area (Å²) in [6.45, 7) is 2.05. The van der Waals surface area contributed by atoms with Crippen molar-refractivity contribution in [2.24, 2.45) is 0 Å². The fourth-order valence-corrected chi connectivity index (χ4v) is 1.97. The Balaban J connectivity index is 2.91. The van der Waals surface area contributed by atoms with Gasteiger partial charge in [-0.05, 0) is 13.0 Å². The molecule has 0 fully saturated rings. The van der Waals surface area contributed by atoms with Gasteiger partial charge in [0.2, 0.25) is 0 Å². The van der Waals surface area contributed by atoms with E-state index in [4.69, 9.17) is 16.7 Å². The fourth-order valence-electron chi connectivity index (χ4n) is 1.72. The number of rotatable bonds is 6. The highest BCUT2D eigenvalue weighted by Crippen LogP contribution is 2.23. The van der Waals surface area contributed by atoms with Gasteiger partial charge in [0.05, 0.1) is 6.61 Å². The molecule has 20 heavy (non-hydrogen) atoms. The number of likely N-dealkylation sites (N-methyl/N-ethyl adjacent to an activating group) is 1. The summed E-state index contributed by atoms with van der Waals surface area (Å²) in [5.74, 6) is -1.20. The predicted octanol–water partition coefficient (Wildman–Crippen LogP) is 1.49. The third-order valence-electron chi connectivity index (χ3n) is 2.77. The van der Waals surface area contributed by atoms with Crippen LogP contribution in [-0.2, 0) is 4.79 Å². The zero-order valence-electron chi connectivity index (χ0n) is 11.0. The van der Waals surface area contributed by atoms with Crippen LogP contribution in [-0.4, -0.2) is 46.8 Å². The predicted molar refractivity (Wildman–Crippen MR) is 74.7 cm³/mol. The smallest absolute Gasteiger partial charge is 0.331 e. The number of urea groups is 1. The van der Waals surface area contributed by atoms with E-state index in [2.05, 4.69) is 5.32 Å². The molecular weight excluding hydrogens is 284 g/mol. The lowest BCUT2D eigenvalue weighted by molar-refractivity contribution is -0.139. The summed E-state index contributed by atoms with van der Waals surface area (Å²) in [7, 11) is 0. The summed E-state index contributed by atoms with van der Waals surface area (Å²) >= 11 is 5.95. The highest BCUT2D eigenvalue weighted by atomic mass is 35.5. The molecule has 0 radical (unpaired) electrons. The normalized spacial score (nSPS) is 11.8. The number of nitrogens with one attached hydrogen (secondary N) is 1. The average molecular weight is 301 g/mol. The highest BCUT2D eigenvalue weighted by molar-refractivity contribution is 6.31. The molecule has 110 valence electrons. The summed E-state index contributed by atoms with van der Waals surface area (Å²) in [4.78, 5) is 24.6. The van der Waals surface area contributed by atoms with Gasteiger partial charge in [-0.3, -0.25) is 0 Å². The van der Waals surface area contributed by atoms with Crippen LogP contribution in [0.4, 0.5) is 4.79 Å². The lowest BCUT2D eigenvalue weighted by atomic mass is 10.1. The van der Waals surface area contributed by atoms with E-state index >= 15 is 0 Å². The molecule has 1 aromatic carbocycles. The number of carboxylic acids is 1. The van der Waals surface area contributed by atoms with E-state index in [1.54, 1.807) is 31.2 Å². The molecule has 0 aliphatic rings. The van der Waals surface area contributed by atoms with Gasteiger partial charge in [-0.15, -0.1) is 0 Å². The molecule has 0 aliphatic carbocycles. The summed E-state index contributed by atoms with van der Waals surface area (Å²) in [6, 6.07) is 4.64. The van der Waals surface area contributed by atoms with E-state index < -0.39 is 18.0 Å². The summed E-state index contributed by atoms with van der Waals surface area (Å²) < 4.78 is 0. The first-order valence-electron chi connectivity index (χ1n) is 6.14. The molecule has 1 atom stereocenters. The van der Waals surface area contributed by atoms with Crippen LogP contribution in [0.2, 0.25) is 5.02 Å². The standard InChI is InChI=1S/C13H17ClN2O4/c1-2-16(7-8-17)13(20)15-11(12(18)19)9-5-3-4-6-10(9)14/h3-6,11,17H,2,7-8H2,1H3,(H,15,20)(H,18,19)/t11-/m1/s1. The number of benzene rings is 1. The minimum atomic E-state index is -1.23. The van der Waals surface area contributed by atoms with Crippen molar-refractivity contribution < 1.29 is 19.8 Å². The van der Waals surface area contributed by atoms with Crippen LogP contribution < -0.4 is 5.32 Å². The molecule has 3 N–H and O–H groups in total. The number of halogens is 1. The molecule has 0 saturated heterocycles. The molecule has 7 heteroatoms. The van der Waals surface area contributed by atoms with Gasteiger partial charge in [-0.25, -0.2) is 9.59 Å². The van der Waals surface area contributed by atoms with Crippen molar-refractivity contribution in [1.82, 2.24) is 10.2 Å². The number of hydrogen-bond acceptors (Lipinski definition) is 3. The maximum atomic E-state index is 12.0. The Bertz CT molecular complexity index is 481. The van der Waals surface area contributed by atoms with Crippen molar-refractivity contribution in [2.75, 3.05) is 19.7 Å². The number of aliphatic hydroxyl groups is 1. The lowest BCUT2D eigenvalue weighted by Crippen LogP contribution is -2.44. The van der Waals surface area contributed by atoms with E-state index in [9.17, 15) is 14.7 Å². The second-order valence-electron chi connectivity index (χ2n) is 4.05. The summed E-state index contributed by atoms with van der Waals surface area (Å²) in [5.41, 5.74) is 0.315. The Morgan fingerprint density at radius 1 is 1.40 bits per heavy atom. The zero-order chi connectivity index (χ0) is 15.1. The number of hydrogen-bond donors (Lipinski definition) is 3. The van der Waals surface area contributed by atoms with Crippen molar-refractivity contribution in [3.63, 3.8) is 0 Å². The number of carboxylic acid groups (broad SMARTS) is 1. The molecule has 0 aromatic heterocycles. The van der Waals surface area contributed by atoms with Crippen molar-refractivity contribution >= 4 is 23.6 Å². The largest absolute Gasteiger partial charge is 0.479 e. The van der Waals surface area contributed by atoms with Crippen LogP contribution >= 0.6 is 11.6 Å². The van der Waals surface area contributed by atoms with Gasteiger partial charge in [-0.1, -0.05) is 29.8 Å². The minimum absolute atomic E-state index is 0.136. The number of nitrogens with zero attached hydrogens (tertiary/aromatic N) is 1. The van der Waals surface area contributed by atoms with Gasteiger partial charge in [0, 0.05) is 23.7 Å². The van der Waals surface area contributed by atoms with Crippen LogP contribution in [0, 0.1) is 0 Å². The number of amides is 2. The Morgan fingerprint density at radius 3 is 2.55 bits per heavy atom. The van der Waals surface area contributed by atoms with Crippen molar-refractivity contribution in [3.8, 4) is 0 Å². The number of carbonyl (C=O) groups excluding carboxylic acids is 1. The van der Waals surface area contributed by atoms with Crippen LogP contribution in [0.15, 0.2) is 24.3 Å². The zero-order valence-corrected chi connectivity index (χ0v) is 11.8. The van der Waals surface area contributed by atoms with E-state index in [1.165, 1.54) is 4.90 Å². The van der Waals surface area contributed by atoms with Crippen LogP contribution in [0.1, 0.15) is 18.5 Å². The third-order valence-corrected chi connectivity index (χ3v) is 3.11. The monoisotopic (exact) mass is 300 g/mol. The Kier molecular flexibility index (Phi) is 6.27. The van der Waals surface area contributed by atoms with Gasteiger partial charge < -0.3 is 20.4 Å². The Hall–Kier alpha value is -1.79. The van der Waals surface area contributed by atoms with Gasteiger partial charge in [0.15, 0.2) is 6.04 Å². The lowest BCUT2D eigenvalue weighted by Gasteiger charge is -2.23. The second kappa shape index (κ2) is 7.72. The molecule has 0 unspecified atom stereocenters. The Morgan fingerprint density at radius 2 is 2.05 bits per heavy atom. The quantitative estimate of drug-likeness (QED) is 0.742. The van der Waals surface area contributed by atoms with E-state index in [1.807, 2.05) is 0 Å². The fraction of sp³-hybridized carbons (Fsp3) is 0.385. The van der Waals surface area contributed by atoms with Crippen LogP contribution in [0.3, 0.4) is 0 Å². The van der Waals surface area contributed by atoms with E-state index in [0.717, 1.165) is 0 Å². The molecule has 1 rings (SSSR count). The maximum Gasteiger partial charge on any atom is 0.331 e. The second-order valence-corrected chi connectivity index (χ2v) is 4.45. The van der Waals surface area contributed by atoms with Crippen molar-refractivity contribution in [2.45, 2.75) is 13.0 Å². The minimum Gasteiger partial charge on any atom is -0.479 e. The van der Waals surface area contributed by atoms with Crippen LogP contribution in [0.25, 0.3) is 0 Å². The van der Waals surface area contributed by atoms with Gasteiger partial charge >= 0.3 is 12.0 Å². The molecule has 2 amide bonds. The molecule has 0 aliphatic heterocycles. The third kappa shape index (κ3) is 4.11. The van der Waals surface area contributed by atoms with E-state index in [-0.39, 0.29) is 18.2 Å². The molecule has 1 aromatic rings. The molecule has 0 saturated carbocycles. The number of aliphatic hydroxyl groups excluding tert-OH is 1. The molecule has 0 bridgehead atoms. The summed E-state index contributed by atoms with van der Waals surface area (Å²) in [5, 5.41) is 20.8. The Labute approximate surface area is 122 Å². The molecule has 0 spiro atoms. The molecular formula is C13H17ClN2O4. The first kappa shape index (κ1) is 16.3. The highest BCUT2D eigenvalue weighted by Gasteiger charge is 2.25.